The maximum Gasteiger partial charge on any atom is 0.334 e. The normalized spacial score (nSPS) is 46.7. The molecule has 1 aliphatic heterocycles. The SMILES string of the molecule is C=C1C(=O)O[C@H]2C[C@@H](C)[C@@H]3C=CC(=O)[C@H]3[C@H](O)[C@H]12. The molecule has 1 N–H and O–H groups in total. The van der Waals surface area contributed by atoms with Gasteiger partial charge in [-0.1, -0.05) is 19.6 Å². The average Bonchev–Trinajstić information content (AvgIpc) is 2.78. The Labute approximate surface area is 105 Å². The summed E-state index contributed by atoms with van der Waals surface area (Å²) in [5.74, 6) is -1.11. The van der Waals surface area contributed by atoms with E-state index in [2.05, 4.69) is 6.58 Å². The van der Waals surface area contributed by atoms with E-state index in [4.69, 9.17) is 4.74 Å². The van der Waals surface area contributed by atoms with Gasteiger partial charge < -0.3 is 9.84 Å². The fourth-order valence-electron chi connectivity index (χ4n) is 3.58. The molecule has 4 nitrogen and oxygen atoms in total. The second kappa shape index (κ2) is 3.79. The Hall–Kier alpha value is -1.42. The van der Waals surface area contributed by atoms with Crippen LogP contribution in [0.5, 0.6) is 0 Å². The van der Waals surface area contributed by atoms with Crippen molar-refractivity contribution in [1.29, 1.82) is 0 Å². The molecule has 3 aliphatic rings. The molecule has 2 aliphatic carbocycles. The predicted molar refractivity (Wildman–Crippen MR) is 63.4 cm³/mol. The molecule has 0 aromatic carbocycles. The Morgan fingerprint density at radius 2 is 2.11 bits per heavy atom. The summed E-state index contributed by atoms with van der Waals surface area (Å²) in [4.78, 5) is 23.4. The zero-order chi connectivity index (χ0) is 13.0. The lowest BCUT2D eigenvalue weighted by atomic mass is 9.80. The minimum atomic E-state index is -0.869. The van der Waals surface area contributed by atoms with E-state index in [1.165, 1.54) is 0 Å². The van der Waals surface area contributed by atoms with Gasteiger partial charge in [-0.2, -0.15) is 0 Å². The number of rotatable bonds is 0. The molecule has 1 heterocycles. The molecule has 96 valence electrons. The first kappa shape index (κ1) is 11.7. The van der Waals surface area contributed by atoms with Crippen LogP contribution in [0.3, 0.4) is 0 Å². The van der Waals surface area contributed by atoms with Gasteiger partial charge >= 0.3 is 5.97 Å². The summed E-state index contributed by atoms with van der Waals surface area (Å²) >= 11 is 0. The maximum absolute atomic E-state index is 11.9. The highest BCUT2D eigenvalue weighted by atomic mass is 16.6. The van der Waals surface area contributed by atoms with Gasteiger partial charge in [0, 0.05) is 5.57 Å². The van der Waals surface area contributed by atoms with E-state index in [1.807, 2.05) is 13.0 Å². The number of aliphatic hydroxyl groups is 1. The third-order valence-corrected chi connectivity index (χ3v) is 4.55. The van der Waals surface area contributed by atoms with E-state index in [0.29, 0.717) is 12.0 Å². The molecule has 2 fully saturated rings. The van der Waals surface area contributed by atoms with Crippen LogP contribution in [0, 0.1) is 23.7 Å². The number of ketones is 1. The third kappa shape index (κ3) is 1.42. The standard InChI is InChI=1S/C14H16O4/c1-6-5-10-11(7(2)14(17)18-10)13(16)12-8(6)3-4-9(12)15/h3-4,6,8,10-13,16H,2,5H2,1H3/t6-,8+,10+,11-,12+,13-/m1/s1. The Kier molecular flexibility index (Phi) is 2.45. The minimum absolute atomic E-state index is 0.0459. The summed E-state index contributed by atoms with van der Waals surface area (Å²) in [6, 6.07) is 0. The lowest BCUT2D eigenvalue weighted by molar-refractivity contribution is -0.139. The predicted octanol–water partition coefficient (Wildman–Crippen LogP) is 0.856. The van der Waals surface area contributed by atoms with Crippen molar-refractivity contribution in [2.75, 3.05) is 0 Å². The van der Waals surface area contributed by atoms with E-state index >= 15 is 0 Å². The lowest BCUT2D eigenvalue weighted by Crippen LogP contribution is -2.37. The zero-order valence-electron chi connectivity index (χ0n) is 10.2. The molecule has 1 saturated heterocycles. The topological polar surface area (TPSA) is 63.6 Å². The van der Waals surface area contributed by atoms with Crippen molar-refractivity contribution in [3.63, 3.8) is 0 Å². The van der Waals surface area contributed by atoms with E-state index in [0.717, 1.165) is 0 Å². The highest BCUT2D eigenvalue weighted by Gasteiger charge is 2.53. The molecule has 4 heteroatoms. The Bertz CT molecular complexity index is 464. The van der Waals surface area contributed by atoms with Crippen molar-refractivity contribution in [3.8, 4) is 0 Å². The van der Waals surface area contributed by atoms with E-state index in [-0.39, 0.29) is 23.7 Å². The summed E-state index contributed by atoms with van der Waals surface area (Å²) in [7, 11) is 0. The molecular formula is C14H16O4. The quantitative estimate of drug-likeness (QED) is 0.510. The molecule has 3 rings (SSSR count). The van der Waals surface area contributed by atoms with Crippen LogP contribution in [0.4, 0.5) is 0 Å². The third-order valence-electron chi connectivity index (χ3n) is 4.55. The largest absolute Gasteiger partial charge is 0.458 e. The Morgan fingerprint density at radius 3 is 2.83 bits per heavy atom. The number of carbonyl (C=O) groups is 2. The summed E-state index contributed by atoms with van der Waals surface area (Å²) in [5, 5.41) is 10.5. The average molecular weight is 248 g/mol. The number of hydrogen-bond donors (Lipinski definition) is 1. The zero-order valence-corrected chi connectivity index (χ0v) is 10.2. The Balaban J connectivity index is 2.00. The van der Waals surface area contributed by atoms with Gasteiger partial charge in [-0.05, 0) is 24.3 Å². The summed E-state index contributed by atoms with van der Waals surface area (Å²) in [6.45, 7) is 5.74. The van der Waals surface area contributed by atoms with E-state index in [9.17, 15) is 14.7 Å². The smallest absolute Gasteiger partial charge is 0.334 e. The second-order valence-electron chi connectivity index (χ2n) is 5.56. The van der Waals surface area contributed by atoms with Crippen LogP contribution < -0.4 is 0 Å². The van der Waals surface area contributed by atoms with Crippen molar-refractivity contribution in [2.45, 2.75) is 25.6 Å². The van der Waals surface area contributed by atoms with Crippen molar-refractivity contribution in [2.24, 2.45) is 23.7 Å². The Morgan fingerprint density at radius 1 is 1.39 bits per heavy atom. The van der Waals surface area contributed by atoms with Gasteiger partial charge in [-0.25, -0.2) is 4.79 Å². The van der Waals surface area contributed by atoms with Gasteiger partial charge in [0.2, 0.25) is 0 Å². The number of esters is 1. The number of hydrogen-bond acceptors (Lipinski definition) is 4. The van der Waals surface area contributed by atoms with Crippen LogP contribution >= 0.6 is 0 Å². The van der Waals surface area contributed by atoms with Crippen LogP contribution in [0.2, 0.25) is 0 Å². The molecule has 0 amide bonds. The molecule has 0 aromatic heterocycles. The molecule has 0 radical (unpaired) electrons. The fraction of sp³-hybridized carbons (Fsp3) is 0.571. The van der Waals surface area contributed by atoms with Crippen molar-refractivity contribution in [1.82, 2.24) is 0 Å². The molecule has 6 atom stereocenters. The molecule has 0 spiro atoms. The first-order valence-electron chi connectivity index (χ1n) is 6.30. The molecule has 0 aromatic rings. The van der Waals surface area contributed by atoms with Gasteiger partial charge in [0.15, 0.2) is 5.78 Å². The van der Waals surface area contributed by atoms with Gasteiger partial charge in [-0.3, -0.25) is 4.79 Å². The molecule has 1 saturated carbocycles. The minimum Gasteiger partial charge on any atom is -0.458 e. The lowest BCUT2D eigenvalue weighted by Gasteiger charge is -2.26. The first-order chi connectivity index (χ1) is 8.50. The summed E-state index contributed by atoms with van der Waals surface area (Å²) in [5.41, 5.74) is 0.306. The van der Waals surface area contributed by atoms with Gasteiger partial charge in [-0.15, -0.1) is 0 Å². The summed E-state index contributed by atoms with van der Waals surface area (Å²) in [6.07, 6.45) is 2.90. The van der Waals surface area contributed by atoms with E-state index < -0.39 is 23.9 Å². The maximum atomic E-state index is 11.9. The van der Waals surface area contributed by atoms with Crippen LogP contribution in [0.25, 0.3) is 0 Å². The highest BCUT2D eigenvalue weighted by molar-refractivity contribution is 5.96. The van der Waals surface area contributed by atoms with Crippen LogP contribution in [-0.2, 0) is 14.3 Å². The second-order valence-corrected chi connectivity index (χ2v) is 5.56. The van der Waals surface area contributed by atoms with Crippen LogP contribution in [-0.4, -0.2) is 29.1 Å². The molecule has 0 bridgehead atoms. The number of allylic oxidation sites excluding steroid dienone is 2. The first-order valence-corrected chi connectivity index (χ1v) is 6.30. The number of aliphatic hydroxyl groups excluding tert-OH is 1. The monoisotopic (exact) mass is 248 g/mol. The number of fused-ring (bicyclic) bond motifs is 2. The summed E-state index contributed by atoms with van der Waals surface area (Å²) < 4.78 is 5.26. The molecule has 18 heavy (non-hydrogen) atoms. The van der Waals surface area contributed by atoms with Crippen LogP contribution in [0.15, 0.2) is 24.3 Å². The van der Waals surface area contributed by atoms with Crippen molar-refractivity contribution >= 4 is 11.8 Å². The van der Waals surface area contributed by atoms with Gasteiger partial charge in [0.25, 0.3) is 0 Å². The van der Waals surface area contributed by atoms with Crippen molar-refractivity contribution in [3.05, 3.63) is 24.3 Å². The molecule has 0 unspecified atom stereocenters. The molecular weight excluding hydrogens is 232 g/mol. The van der Waals surface area contributed by atoms with Crippen molar-refractivity contribution < 1.29 is 19.4 Å². The van der Waals surface area contributed by atoms with E-state index in [1.54, 1.807) is 6.08 Å². The van der Waals surface area contributed by atoms with Gasteiger partial charge in [0.05, 0.1) is 17.9 Å². The highest BCUT2D eigenvalue weighted by Crippen LogP contribution is 2.46. The number of carbonyl (C=O) groups excluding carboxylic acids is 2. The number of ether oxygens (including phenoxy) is 1. The fourth-order valence-corrected chi connectivity index (χ4v) is 3.58. The van der Waals surface area contributed by atoms with Crippen LogP contribution in [0.1, 0.15) is 13.3 Å². The van der Waals surface area contributed by atoms with Gasteiger partial charge in [0.1, 0.15) is 6.10 Å².